The van der Waals surface area contributed by atoms with Crippen LogP contribution in [0.5, 0.6) is 0 Å². The molecule has 3 N–H and O–H groups in total. The second-order valence-corrected chi connectivity index (χ2v) is 11.9. The molecule has 5 rings (SSSR count). The maximum atomic E-state index is 13.8. The van der Waals surface area contributed by atoms with Gasteiger partial charge in [-0.2, -0.15) is 0 Å². The molecule has 2 amide bonds. The fourth-order valence-electron chi connectivity index (χ4n) is 6.41. The van der Waals surface area contributed by atoms with E-state index in [1.807, 2.05) is 43.3 Å². The summed E-state index contributed by atoms with van der Waals surface area (Å²) in [7, 11) is 0. The van der Waals surface area contributed by atoms with Gasteiger partial charge in [0, 0.05) is 49.9 Å². The first kappa shape index (κ1) is 28.7. The standard InChI is InChI=1S/C32H43FN4O3/c1-22-4-8-24(9-5-22)32(39)37-17-16-28(19-30(37)31(38)35-27-14-12-26(34)13-15-27)36(21-29-3-2-18-40-29)20-23-6-10-25(33)11-7-23/h4-11,26-30H,2-3,12-21,34H2,1H3,(H,35,38)/t26?,27?,28?,29?,30-/m1/s1. The smallest absolute Gasteiger partial charge is 0.254 e. The third-order valence-corrected chi connectivity index (χ3v) is 8.83. The number of carbonyl (C=O) groups is 2. The summed E-state index contributed by atoms with van der Waals surface area (Å²) in [6.45, 7) is 4.66. The molecule has 216 valence electrons. The molecule has 3 fully saturated rings. The number of rotatable bonds is 8. The minimum Gasteiger partial charge on any atom is -0.377 e. The van der Waals surface area contributed by atoms with Crippen LogP contribution in [0, 0.1) is 12.7 Å². The van der Waals surface area contributed by atoms with E-state index in [-0.39, 0.29) is 41.9 Å². The molecule has 0 spiro atoms. The molecule has 2 aliphatic heterocycles. The van der Waals surface area contributed by atoms with Gasteiger partial charge in [0.05, 0.1) is 6.10 Å². The molecule has 3 atom stereocenters. The molecule has 2 saturated heterocycles. The Balaban J connectivity index is 1.36. The van der Waals surface area contributed by atoms with E-state index >= 15 is 0 Å². The summed E-state index contributed by atoms with van der Waals surface area (Å²) in [6, 6.07) is 14.0. The number of likely N-dealkylation sites (tertiary alicyclic amines) is 1. The lowest BCUT2D eigenvalue weighted by molar-refractivity contribution is -0.128. The second-order valence-electron chi connectivity index (χ2n) is 11.9. The van der Waals surface area contributed by atoms with Crippen molar-refractivity contribution in [2.24, 2.45) is 5.73 Å². The topological polar surface area (TPSA) is 87.9 Å². The van der Waals surface area contributed by atoms with Gasteiger partial charge in [0.25, 0.3) is 5.91 Å². The van der Waals surface area contributed by atoms with Gasteiger partial charge < -0.3 is 20.7 Å². The van der Waals surface area contributed by atoms with Crippen LogP contribution in [0.3, 0.4) is 0 Å². The third kappa shape index (κ3) is 7.28. The van der Waals surface area contributed by atoms with Crippen molar-refractivity contribution >= 4 is 11.8 Å². The van der Waals surface area contributed by atoms with E-state index in [0.29, 0.717) is 25.1 Å². The number of ether oxygens (including phenoxy) is 1. The zero-order valence-corrected chi connectivity index (χ0v) is 23.6. The highest BCUT2D eigenvalue weighted by atomic mass is 19.1. The lowest BCUT2D eigenvalue weighted by atomic mass is 9.90. The predicted molar refractivity (Wildman–Crippen MR) is 153 cm³/mol. The quantitative estimate of drug-likeness (QED) is 0.515. The first-order chi connectivity index (χ1) is 19.4. The van der Waals surface area contributed by atoms with Crippen LogP contribution in [0.15, 0.2) is 48.5 Å². The highest BCUT2D eigenvalue weighted by molar-refractivity contribution is 5.97. The van der Waals surface area contributed by atoms with Crippen LogP contribution in [0.25, 0.3) is 0 Å². The van der Waals surface area contributed by atoms with Crippen LogP contribution in [0.2, 0.25) is 0 Å². The van der Waals surface area contributed by atoms with E-state index in [4.69, 9.17) is 10.5 Å². The third-order valence-electron chi connectivity index (χ3n) is 8.83. The molecule has 0 aromatic heterocycles. The maximum Gasteiger partial charge on any atom is 0.254 e. The fraction of sp³-hybridized carbons (Fsp3) is 0.562. The van der Waals surface area contributed by atoms with E-state index in [2.05, 4.69) is 10.2 Å². The van der Waals surface area contributed by atoms with Gasteiger partial charge in [-0.05, 0) is 88.1 Å². The van der Waals surface area contributed by atoms with Gasteiger partial charge >= 0.3 is 0 Å². The average molecular weight is 551 g/mol. The Morgan fingerprint density at radius 1 is 1.02 bits per heavy atom. The van der Waals surface area contributed by atoms with Gasteiger partial charge in [-0.25, -0.2) is 4.39 Å². The summed E-state index contributed by atoms with van der Waals surface area (Å²) in [5, 5.41) is 3.27. The van der Waals surface area contributed by atoms with Crippen molar-refractivity contribution in [3.63, 3.8) is 0 Å². The van der Waals surface area contributed by atoms with Crippen LogP contribution < -0.4 is 11.1 Å². The molecule has 1 saturated carbocycles. The Morgan fingerprint density at radius 2 is 1.75 bits per heavy atom. The highest BCUT2D eigenvalue weighted by Crippen LogP contribution is 2.28. The van der Waals surface area contributed by atoms with Gasteiger partial charge in [0.1, 0.15) is 11.9 Å². The molecule has 2 heterocycles. The second kappa shape index (κ2) is 13.2. The Hall–Kier alpha value is -2.81. The van der Waals surface area contributed by atoms with Gasteiger partial charge in [-0.3, -0.25) is 14.5 Å². The summed E-state index contributed by atoms with van der Waals surface area (Å²) in [6.07, 6.45) is 7.04. The molecule has 2 unspecified atom stereocenters. The minimum absolute atomic E-state index is 0.0792. The number of carbonyl (C=O) groups excluding carboxylic acids is 2. The van der Waals surface area contributed by atoms with Crippen LogP contribution in [0.4, 0.5) is 4.39 Å². The Kier molecular flexibility index (Phi) is 9.50. The van der Waals surface area contributed by atoms with Gasteiger partial charge in [0.2, 0.25) is 5.91 Å². The molecular weight excluding hydrogens is 507 g/mol. The number of nitrogens with two attached hydrogens (primary N) is 1. The normalized spacial score (nSPS) is 27.1. The Bertz CT molecular complexity index is 1130. The lowest BCUT2D eigenvalue weighted by Gasteiger charge is -2.44. The van der Waals surface area contributed by atoms with Crippen molar-refractivity contribution in [2.75, 3.05) is 19.7 Å². The fourth-order valence-corrected chi connectivity index (χ4v) is 6.41. The molecule has 0 bridgehead atoms. The molecule has 2 aromatic rings. The summed E-state index contributed by atoms with van der Waals surface area (Å²) >= 11 is 0. The van der Waals surface area contributed by atoms with Crippen molar-refractivity contribution in [2.45, 2.75) is 95.1 Å². The summed E-state index contributed by atoms with van der Waals surface area (Å²) in [5.74, 6) is -0.435. The molecule has 0 radical (unpaired) electrons. The van der Waals surface area contributed by atoms with Gasteiger partial charge in [0.15, 0.2) is 0 Å². The lowest BCUT2D eigenvalue weighted by Crippen LogP contribution is -2.59. The number of nitrogens with zero attached hydrogens (tertiary/aromatic N) is 2. The van der Waals surface area contributed by atoms with E-state index in [9.17, 15) is 14.0 Å². The van der Waals surface area contributed by atoms with E-state index in [1.165, 1.54) is 12.1 Å². The van der Waals surface area contributed by atoms with E-state index < -0.39 is 6.04 Å². The number of halogens is 1. The predicted octanol–water partition coefficient (Wildman–Crippen LogP) is 4.17. The SMILES string of the molecule is Cc1ccc(C(=O)N2CCC(N(Cc3ccc(F)cc3)CC3CCCO3)C[C@@H]2C(=O)NC2CCC(N)CC2)cc1. The number of hydrogen-bond donors (Lipinski definition) is 2. The molecule has 7 nitrogen and oxygen atoms in total. The largest absolute Gasteiger partial charge is 0.377 e. The zero-order valence-electron chi connectivity index (χ0n) is 23.6. The average Bonchev–Trinajstić information content (AvgIpc) is 3.48. The van der Waals surface area contributed by atoms with Crippen molar-refractivity contribution in [3.8, 4) is 0 Å². The van der Waals surface area contributed by atoms with Crippen LogP contribution in [-0.2, 0) is 16.1 Å². The Morgan fingerprint density at radius 3 is 2.42 bits per heavy atom. The van der Waals surface area contributed by atoms with Crippen molar-refractivity contribution in [1.29, 1.82) is 0 Å². The van der Waals surface area contributed by atoms with E-state index in [1.54, 1.807) is 4.90 Å². The number of piperidine rings is 1. The van der Waals surface area contributed by atoms with Gasteiger partial charge in [-0.15, -0.1) is 0 Å². The monoisotopic (exact) mass is 550 g/mol. The molecule has 2 aromatic carbocycles. The zero-order chi connectivity index (χ0) is 28.1. The highest BCUT2D eigenvalue weighted by Gasteiger charge is 2.40. The number of aryl methyl sites for hydroxylation is 1. The minimum atomic E-state index is -0.566. The number of hydrogen-bond acceptors (Lipinski definition) is 5. The molecule has 8 heteroatoms. The molecular formula is C32H43FN4O3. The van der Waals surface area contributed by atoms with Crippen molar-refractivity contribution in [1.82, 2.24) is 15.1 Å². The molecule has 40 heavy (non-hydrogen) atoms. The van der Waals surface area contributed by atoms with Crippen LogP contribution in [-0.4, -0.2) is 71.6 Å². The van der Waals surface area contributed by atoms with Crippen molar-refractivity contribution in [3.05, 3.63) is 71.0 Å². The molecule has 3 aliphatic rings. The first-order valence-electron chi connectivity index (χ1n) is 14.9. The van der Waals surface area contributed by atoms with Gasteiger partial charge in [-0.1, -0.05) is 29.8 Å². The maximum absolute atomic E-state index is 13.8. The number of benzene rings is 2. The first-order valence-corrected chi connectivity index (χ1v) is 14.9. The van der Waals surface area contributed by atoms with Crippen LogP contribution in [0.1, 0.15) is 72.9 Å². The number of nitrogens with one attached hydrogen (secondary N) is 1. The van der Waals surface area contributed by atoms with Crippen LogP contribution >= 0.6 is 0 Å². The summed E-state index contributed by atoms with van der Waals surface area (Å²) < 4.78 is 19.6. The Labute approximate surface area is 237 Å². The number of amides is 2. The van der Waals surface area contributed by atoms with E-state index in [0.717, 1.165) is 69.2 Å². The summed E-state index contributed by atoms with van der Waals surface area (Å²) in [4.78, 5) is 31.7. The van der Waals surface area contributed by atoms with Crippen molar-refractivity contribution < 1.29 is 18.7 Å². The summed E-state index contributed by atoms with van der Waals surface area (Å²) in [5.41, 5.74) is 8.81. The molecule has 1 aliphatic carbocycles.